The molecule has 1 aromatic carbocycles. The number of hydrogen-bond donors (Lipinski definition) is 1. The second-order valence-electron chi connectivity index (χ2n) is 6.43. The maximum Gasteiger partial charge on any atom is 0.337 e. The van der Waals surface area contributed by atoms with Gasteiger partial charge < -0.3 is 14.5 Å². The van der Waals surface area contributed by atoms with Crippen molar-refractivity contribution < 1.29 is 23.1 Å². The lowest BCUT2D eigenvalue weighted by molar-refractivity contribution is -0.115. The Morgan fingerprint density at radius 1 is 1.32 bits per heavy atom. The van der Waals surface area contributed by atoms with Crippen molar-refractivity contribution in [1.29, 1.82) is 0 Å². The highest BCUT2D eigenvalue weighted by Crippen LogP contribution is 2.37. The SMILES string of the molecule is COC(=O)c1ccc(-c2ccc(C=C3C(=O)NC4=CC=C(Cl)CC43)o2)c(F)c1. The number of benzene rings is 1. The lowest BCUT2D eigenvalue weighted by Gasteiger charge is -2.14. The molecular formula is C21H15ClFNO4. The molecule has 5 nitrogen and oxygen atoms in total. The molecule has 2 aromatic rings. The number of carbonyl (C=O) groups is 2. The summed E-state index contributed by atoms with van der Waals surface area (Å²) in [7, 11) is 1.23. The molecule has 0 spiro atoms. The monoisotopic (exact) mass is 399 g/mol. The van der Waals surface area contributed by atoms with Gasteiger partial charge in [-0.3, -0.25) is 4.79 Å². The Morgan fingerprint density at radius 2 is 2.14 bits per heavy atom. The third-order valence-corrected chi connectivity index (χ3v) is 4.97. The van der Waals surface area contributed by atoms with E-state index in [0.29, 0.717) is 22.8 Å². The molecule has 1 unspecified atom stereocenters. The molecular weight excluding hydrogens is 385 g/mol. The fraction of sp³-hybridized carbons (Fsp3) is 0.143. The van der Waals surface area contributed by atoms with Crippen LogP contribution in [0.4, 0.5) is 4.39 Å². The summed E-state index contributed by atoms with van der Waals surface area (Å²) in [6.07, 6.45) is 5.74. The Labute approximate surface area is 165 Å². The average Bonchev–Trinajstić information content (AvgIpc) is 3.26. The molecule has 1 saturated heterocycles. The van der Waals surface area contributed by atoms with E-state index in [-0.39, 0.29) is 28.7 Å². The number of esters is 1. The number of carbonyl (C=O) groups excluding carboxylic acids is 2. The highest BCUT2D eigenvalue weighted by atomic mass is 35.5. The number of furan rings is 1. The summed E-state index contributed by atoms with van der Waals surface area (Å²) < 4.78 is 24.7. The van der Waals surface area contributed by atoms with Crippen LogP contribution in [0.3, 0.4) is 0 Å². The van der Waals surface area contributed by atoms with Gasteiger partial charge in [-0.1, -0.05) is 11.6 Å². The Bertz CT molecular complexity index is 1080. The first-order chi connectivity index (χ1) is 13.5. The second kappa shape index (κ2) is 7.13. The summed E-state index contributed by atoms with van der Waals surface area (Å²) >= 11 is 6.10. The third kappa shape index (κ3) is 3.27. The molecule has 1 fully saturated rings. The molecule has 7 heteroatoms. The van der Waals surface area contributed by atoms with Crippen molar-refractivity contribution in [2.45, 2.75) is 6.42 Å². The molecule has 0 radical (unpaired) electrons. The van der Waals surface area contributed by atoms with Crippen molar-refractivity contribution >= 4 is 29.6 Å². The van der Waals surface area contributed by atoms with Gasteiger partial charge in [0.2, 0.25) is 0 Å². The average molecular weight is 400 g/mol. The molecule has 28 heavy (non-hydrogen) atoms. The lowest BCUT2D eigenvalue weighted by Crippen LogP contribution is -2.13. The number of allylic oxidation sites excluding steroid dienone is 4. The number of ether oxygens (including phenoxy) is 1. The fourth-order valence-corrected chi connectivity index (χ4v) is 3.51. The lowest BCUT2D eigenvalue weighted by atomic mass is 9.92. The van der Waals surface area contributed by atoms with Gasteiger partial charge in [0.25, 0.3) is 5.91 Å². The van der Waals surface area contributed by atoms with E-state index in [2.05, 4.69) is 10.1 Å². The van der Waals surface area contributed by atoms with E-state index in [1.165, 1.54) is 19.2 Å². The quantitative estimate of drug-likeness (QED) is 0.613. The fourth-order valence-electron chi connectivity index (χ4n) is 3.29. The zero-order chi connectivity index (χ0) is 19.8. The van der Waals surface area contributed by atoms with E-state index in [0.717, 1.165) is 11.8 Å². The van der Waals surface area contributed by atoms with Gasteiger partial charge in [-0.05, 0) is 55.0 Å². The van der Waals surface area contributed by atoms with Crippen molar-refractivity contribution in [2.75, 3.05) is 7.11 Å². The first kappa shape index (κ1) is 18.3. The molecule has 2 aliphatic rings. The third-order valence-electron chi connectivity index (χ3n) is 4.69. The van der Waals surface area contributed by atoms with E-state index >= 15 is 0 Å². The molecule has 1 N–H and O–H groups in total. The summed E-state index contributed by atoms with van der Waals surface area (Å²) in [6.45, 7) is 0. The first-order valence-corrected chi connectivity index (χ1v) is 8.91. The van der Waals surface area contributed by atoms with Crippen LogP contribution in [0.5, 0.6) is 0 Å². The Morgan fingerprint density at radius 3 is 2.89 bits per heavy atom. The van der Waals surface area contributed by atoms with Crippen LogP contribution in [0, 0.1) is 11.7 Å². The Hall–Kier alpha value is -3.12. The van der Waals surface area contributed by atoms with Crippen LogP contribution in [0.2, 0.25) is 0 Å². The topological polar surface area (TPSA) is 68.5 Å². The van der Waals surface area contributed by atoms with Gasteiger partial charge in [0.15, 0.2) is 0 Å². The molecule has 1 aliphatic heterocycles. The summed E-state index contributed by atoms with van der Waals surface area (Å²) in [4.78, 5) is 23.8. The summed E-state index contributed by atoms with van der Waals surface area (Å²) in [5.74, 6) is -0.867. The largest absolute Gasteiger partial charge is 0.465 e. The smallest absolute Gasteiger partial charge is 0.337 e. The second-order valence-corrected chi connectivity index (χ2v) is 6.92. The molecule has 2 heterocycles. The van der Waals surface area contributed by atoms with Crippen molar-refractivity contribution in [3.8, 4) is 11.3 Å². The normalized spacial score (nSPS) is 19.8. The molecule has 142 valence electrons. The van der Waals surface area contributed by atoms with Gasteiger partial charge >= 0.3 is 5.97 Å². The van der Waals surface area contributed by atoms with Gasteiger partial charge in [0.05, 0.1) is 18.2 Å². The van der Waals surface area contributed by atoms with Gasteiger partial charge in [0, 0.05) is 22.2 Å². The van der Waals surface area contributed by atoms with Gasteiger partial charge in [0.1, 0.15) is 17.3 Å². The summed E-state index contributed by atoms with van der Waals surface area (Å²) in [5.41, 5.74) is 1.66. The molecule has 0 bridgehead atoms. The van der Waals surface area contributed by atoms with Gasteiger partial charge in [-0.15, -0.1) is 0 Å². The maximum absolute atomic E-state index is 14.4. The van der Waals surface area contributed by atoms with Crippen LogP contribution in [0.1, 0.15) is 22.5 Å². The molecule has 1 atom stereocenters. The maximum atomic E-state index is 14.4. The number of fused-ring (bicyclic) bond motifs is 1. The van der Waals surface area contributed by atoms with E-state index < -0.39 is 11.8 Å². The van der Waals surface area contributed by atoms with Crippen LogP contribution in [-0.4, -0.2) is 19.0 Å². The minimum Gasteiger partial charge on any atom is -0.465 e. The zero-order valence-electron chi connectivity index (χ0n) is 14.8. The molecule has 1 aromatic heterocycles. The van der Waals surface area contributed by atoms with Crippen molar-refractivity contribution in [3.05, 3.63) is 75.9 Å². The minimum absolute atomic E-state index is 0.113. The number of halogens is 2. The van der Waals surface area contributed by atoms with Crippen LogP contribution < -0.4 is 5.32 Å². The first-order valence-electron chi connectivity index (χ1n) is 8.53. The summed E-state index contributed by atoms with van der Waals surface area (Å²) in [5, 5.41) is 3.49. The highest BCUT2D eigenvalue weighted by molar-refractivity contribution is 6.30. The number of nitrogens with one attached hydrogen (secondary N) is 1. The predicted octanol–water partition coefficient (Wildman–Crippen LogP) is 4.41. The molecule has 1 amide bonds. The van der Waals surface area contributed by atoms with E-state index in [1.807, 2.05) is 0 Å². The Kier molecular flexibility index (Phi) is 4.65. The number of amides is 1. The van der Waals surface area contributed by atoms with Crippen molar-refractivity contribution in [1.82, 2.24) is 5.32 Å². The van der Waals surface area contributed by atoms with Gasteiger partial charge in [-0.25, -0.2) is 9.18 Å². The number of rotatable bonds is 3. The van der Waals surface area contributed by atoms with Crippen molar-refractivity contribution in [2.24, 2.45) is 5.92 Å². The summed E-state index contributed by atoms with van der Waals surface area (Å²) in [6, 6.07) is 7.28. The number of hydrogen-bond acceptors (Lipinski definition) is 4. The number of methoxy groups -OCH3 is 1. The molecule has 0 saturated carbocycles. The van der Waals surface area contributed by atoms with Gasteiger partial charge in [-0.2, -0.15) is 0 Å². The zero-order valence-corrected chi connectivity index (χ0v) is 15.5. The Balaban J connectivity index is 1.63. The molecule has 4 rings (SSSR count). The van der Waals surface area contributed by atoms with E-state index in [9.17, 15) is 14.0 Å². The van der Waals surface area contributed by atoms with Crippen molar-refractivity contribution in [3.63, 3.8) is 0 Å². The molecule has 1 aliphatic carbocycles. The predicted molar refractivity (Wildman–Crippen MR) is 102 cm³/mol. The van der Waals surface area contributed by atoms with E-state index in [1.54, 1.807) is 30.4 Å². The van der Waals surface area contributed by atoms with Crippen LogP contribution in [0.15, 0.2) is 63.2 Å². The standard InChI is InChI=1S/C21H15ClFNO4/c1-27-21(26)11-2-5-14(17(23)8-11)19-7-4-13(28-19)10-16-15-9-12(22)3-6-18(15)24-20(16)25/h2-8,10,15H,9H2,1H3,(H,24,25). The van der Waals surface area contributed by atoms with Crippen LogP contribution in [-0.2, 0) is 9.53 Å². The van der Waals surface area contributed by atoms with Crippen LogP contribution >= 0.6 is 11.6 Å². The highest BCUT2D eigenvalue weighted by Gasteiger charge is 2.34. The minimum atomic E-state index is -0.619. The van der Waals surface area contributed by atoms with E-state index in [4.69, 9.17) is 16.0 Å². The van der Waals surface area contributed by atoms with Crippen LogP contribution in [0.25, 0.3) is 17.4 Å².